The van der Waals surface area contributed by atoms with Gasteiger partial charge in [0, 0.05) is 9.50 Å². The normalized spacial score (nSPS) is 11.1. The molecule has 0 saturated heterocycles. The zero-order chi connectivity index (χ0) is 28.1. The lowest BCUT2D eigenvalue weighted by Crippen LogP contribution is -2.51. The number of halogens is 2. The number of nitrogens with zero attached hydrogens (tertiary/aromatic N) is 1. The van der Waals surface area contributed by atoms with Crippen molar-refractivity contribution in [3.63, 3.8) is 0 Å². The Morgan fingerprint density at radius 3 is 2.44 bits per heavy atom. The number of nitrogens with one attached hydrogen (secondary N) is 4. The molecule has 2 aromatic heterocycles. The van der Waals surface area contributed by atoms with E-state index in [4.69, 9.17) is 36.3 Å². The van der Waals surface area contributed by atoms with Crippen LogP contribution in [0, 0.1) is 5.41 Å². The summed E-state index contributed by atoms with van der Waals surface area (Å²) < 4.78 is 17.2. The van der Waals surface area contributed by atoms with Gasteiger partial charge in [0.15, 0.2) is 11.5 Å². The number of methoxy groups -OCH3 is 1. The molecule has 0 unspecified atom stereocenters. The zero-order valence-electron chi connectivity index (χ0n) is 20.0. The number of furan rings is 2. The topological polar surface area (TPSA) is 188 Å². The molecule has 12 nitrogen and oxygen atoms in total. The molecule has 14 heteroatoms. The Labute approximate surface area is 234 Å². The fourth-order valence-electron chi connectivity index (χ4n) is 3.31. The number of amides is 2. The first-order valence-electron chi connectivity index (χ1n) is 11.0. The van der Waals surface area contributed by atoms with Gasteiger partial charge in [-0.05, 0) is 60.7 Å². The monoisotopic (exact) mass is 614 g/mol. The quantitative estimate of drug-likeness (QED) is 0.108. The van der Waals surface area contributed by atoms with Crippen LogP contribution in [0.15, 0.2) is 79.0 Å². The van der Waals surface area contributed by atoms with Crippen molar-refractivity contribution in [2.75, 3.05) is 7.11 Å². The number of rotatable bonds is 5. The second-order valence-corrected chi connectivity index (χ2v) is 9.07. The molecule has 0 aliphatic carbocycles. The summed E-state index contributed by atoms with van der Waals surface area (Å²) in [4.78, 5) is 28.5. The van der Waals surface area contributed by atoms with Crippen LogP contribution in [-0.2, 0) is 0 Å². The average Bonchev–Trinajstić information content (AvgIpc) is 3.60. The Hall–Kier alpha value is -4.75. The molecule has 200 valence electrons. The van der Waals surface area contributed by atoms with Crippen molar-refractivity contribution in [1.29, 1.82) is 5.41 Å². The molecular formula is C25H20BrClN6O6. The maximum atomic E-state index is 12.5. The van der Waals surface area contributed by atoms with E-state index in [9.17, 15) is 14.7 Å². The van der Waals surface area contributed by atoms with Crippen molar-refractivity contribution in [2.24, 2.45) is 10.7 Å². The highest BCUT2D eigenvalue weighted by Gasteiger charge is 2.17. The molecule has 0 fully saturated rings. The van der Waals surface area contributed by atoms with E-state index in [1.54, 1.807) is 24.3 Å². The second-order valence-electron chi connectivity index (χ2n) is 7.72. The van der Waals surface area contributed by atoms with E-state index in [1.165, 1.54) is 43.5 Å². The minimum absolute atomic E-state index is 0.0812. The molecule has 2 amide bonds. The summed E-state index contributed by atoms with van der Waals surface area (Å²) in [6.07, 6.45) is 0. The maximum Gasteiger partial charge on any atom is 0.315 e. The molecule has 0 aliphatic rings. The van der Waals surface area contributed by atoms with E-state index >= 15 is 0 Å². The molecule has 2 aromatic carbocycles. The van der Waals surface area contributed by atoms with E-state index in [0.717, 1.165) is 4.47 Å². The minimum Gasteiger partial charge on any atom is -0.507 e. The molecule has 39 heavy (non-hydrogen) atoms. The summed E-state index contributed by atoms with van der Waals surface area (Å²) in [6, 6.07) is 15.6. The fraction of sp³-hybridized carbons (Fsp3) is 0.0400. The van der Waals surface area contributed by atoms with Gasteiger partial charge in [-0.25, -0.2) is 0 Å². The van der Waals surface area contributed by atoms with E-state index in [2.05, 4.69) is 37.1 Å². The maximum absolute atomic E-state index is 12.5. The number of benzene rings is 2. The van der Waals surface area contributed by atoms with Crippen molar-refractivity contribution in [1.82, 2.24) is 16.2 Å². The Morgan fingerprint density at radius 2 is 1.69 bits per heavy atom. The molecule has 4 rings (SSSR count). The number of guanidine groups is 2. The van der Waals surface area contributed by atoms with E-state index in [-0.39, 0.29) is 23.0 Å². The van der Waals surface area contributed by atoms with Crippen LogP contribution in [-0.4, -0.2) is 35.9 Å². The first kappa shape index (κ1) is 27.3. The van der Waals surface area contributed by atoms with Crippen molar-refractivity contribution in [2.45, 2.75) is 0 Å². The molecule has 0 spiro atoms. The number of aromatic hydroxyl groups is 1. The zero-order valence-corrected chi connectivity index (χ0v) is 22.4. The summed E-state index contributed by atoms with van der Waals surface area (Å²) in [5, 5.41) is 20.4. The van der Waals surface area contributed by atoms with Gasteiger partial charge in [-0.1, -0.05) is 27.5 Å². The number of hydrogen-bond donors (Lipinski definition) is 6. The molecule has 4 aromatic rings. The number of carbonyl (C=O) groups excluding carboxylic acids is 2. The number of phenols is 1. The third-order valence-corrected chi connectivity index (χ3v) is 5.80. The lowest BCUT2D eigenvalue weighted by atomic mass is 10.1. The van der Waals surface area contributed by atoms with Crippen molar-refractivity contribution < 1.29 is 28.3 Å². The number of nitrogens with two attached hydrogens (primary N) is 1. The van der Waals surface area contributed by atoms with Crippen molar-refractivity contribution in [3.8, 4) is 34.1 Å². The van der Waals surface area contributed by atoms with Crippen LogP contribution in [0.3, 0.4) is 0 Å². The van der Waals surface area contributed by atoms with Gasteiger partial charge in [-0.2, -0.15) is 4.99 Å². The predicted molar refractivity (Wildman–Crippen MR) is 147 cm³/mol. The first-order chi connectivity index (χ1) is 18.6. The van der Waals surface area contributed by atoms with Crippen LogP contribution in [0.1, 0.15) is 21.1 Å². The molecule has 0 aliphatic heterocycles. The SMILES string of the molecule is COc1ccc(Br)cc1-c1ccc(C(=O)N=C(N)NNC(=N)NC(=O)c2ccc(-c3cc(Cl)ccc3O)o2)o1. The van der Waals surface area contributed by atoms with Gasteiger partial charge in [0.1, 0.15) is 23.0 Å². The van der Waals surface area contributed by atoms with Crippen LogP contribution in [0.4, 0.5) is 0 Å². The van der Waals surface area contributed by atoms with Crippen LogP contribution in [0.5, 0.6) is 11.5 Å². The van der Waals surface area contributed by atoms with E-state index in [1.807, 2.05) is 0 Å². The Bertz CT molecular complexity index is 1600. The lowest BCUT2D eigenvalue weighted by molar-refractivity contribution is 0.0946. The largest absolute Gasteiger partial charge is 0.507 e. The van der Waals surface area contributed by atoms with E-state index < -0.39 is 23.7 Å². The summed E-state index contributed by atoms with van der Waals surface area (Å²) in [6.45, 7) is 0. The third-order valence-electron chi connectivity index (χ3n) is 5.07. The molecule has 0 atom stereocenters. The number of carbonyl (C=O) groups is 2. The van der Waals surface area contributed by atoms with Crippen LogP contribution in [0.2, 0.25) is 5.02 Å². The molecular weight excluding hydrogens is 596 g/mol. The molecule has 0 saturated carbocycles. The number of hydrazine groups is 1. The van der Waals surface area contributed by atoms with Gasteiger partial charge in [-0.15, -0.1) is 0 Å². The number of aliphatic imine (C=N–C) groups is 1. The number of ether oxygens (including phenoxy) is 1. The standard InChI is InChI=1S/C25H20BrClN6O6/c1-37-17-5-2-12(26)10-15(17)19-7-9-21(39-19)23(36)31-25(29)33-32-24(28)30-22(35)20-8-6-18(38-20)14-11-13(27)3-4-16(14)34/h2-11,34H,1H3,(H3,28,30,32,35)(H3,29,31,33,36). The predicted octanol–water partition coefficient (Wildman–Crippen LogP) is 4.25. The van der Waals surface area contributed by atoms with Gasteiger partial charge >= 0.3 is 5.91 Å². The smallest absolute Gasteiger partial charge is 0.315 e. The van der Waals surface area contributed by atoms with Gasteiger partial charge < -0.3 is 24.4 Å². The summed E-state index contributed by atoms with van der Waals surface area (Å²) >= 11 is 9.33. The highest BCUT2D eigenvalue weighted by atomic mass is 79.9. The van der Waals surface area contributed by atoms with Crippen molar-refractivity contribution in [3.05, 3.63) is 81.7 Å². The summed E-state index contributed by atoms with van der Waals surface area (Å²) in [5.74, 6) is -1.63. The summed E-state index contributed by atoms with van der Waals surface area (Å²) in [7, 11) is 1.52. The number of hydrogen-bond acceptors (Lipinski definition) is 7. The molecule has 2 heterocycles. The van der Waals surface area contributed by atoms with Crippen molar-refractivity contribution >= 4 is 51.3 Å². The Morgan fingerprint density at radius 1 is 1.00 bits per heavy atom. The van der Waals surface area contributed by atoms with Crippen LogP contribution >= 0.6 is 27.5 Å². The van der Waals surface area contributed by atoms with Gasteiger partial charge in [-0.3, -0.25) is 31.2 Å². The highest BCUT2D eigenvalue weighted by Crippen LogP contribution is 2.34. The van der Waals surface area contributed by atoms with Gasteiger partial charge in [0.25, 0.3) is 5.91 Å². The Balaban J connectivity index is 1.33. The number of phenolic OH excluding ortho intramolecular Hbond substituents is 1. The lowest BCUT2D eigenvalue weighted by Gasteiger charge is -2.10. The molecule has 0 radical (unpaired) electrons. The van der Waals surface area contributed by atoms with E-state index in [0.29, 0.717) is 27.7 Å². The van der Waals surface area contributed by atoms with Crippen LogP contribution in [0.25, 0.3) is 22.6 Å². The summed E-state index contributed by atoms with van der Waals surface area (Å²) in [5.41, 5.74) is 11.2. The second kappa shape index (κ2) is 11.8. The fourth-order valence-corrected chi connectivity index (χ4v) is 3.84. The van der Waals surface area contributed by atoms with Gasteiger partial charge in [0.05, 0.1) is 18.2 Å². The first-order valence-corrected chi connectivity index (χ1v) is 12.1. The molecule has 7 N–H and O–H groups in total. The minimum atomic E-state index is -0.787. The van der Waals surface area contributed by atoms with Gasteiger partial charge in [0.2, 0.25) is 11.9 Å². The molecule has 0 bridgehead atoms. The highest BCUT2D eigenvalue weighted by molar-refractivity contribution is 9.10. The average molecular weight is 616 g/mol. The van der Waals surface area contributed by atoms with Crippen LogP contribution < -0.4 is 26.6 Å². The Kier molecular flexibility index (Phi) is 8.22. The third kappa shape index (κ3) is 6.58.